The number of rotatable bonds is 1. The third-order valence-electron chi connectivity index (χ3n) is 1.89. The molecule has 1 aliphatic heterocycles. The van der Waals surface area contributed by atoms with Crippen molar-refractivity contribution in [2.45, 2.75) is 26.0 Å². The monoisotopic (exact) mass is 197 g/mol. The molecule has 1 heterocycles. The first-order chi connectivity index (χ1) is 6.65. The van der Waals surface area contributed by atoms with Crippen molar-refractivity contribution in [2.75, 3.05) is 19.8 Å². The molecule has 0 saturated carbocycles. The number of amides is 1. The van der Waals surface area contributed by atoms with Crippen molar-refractivity contribution >= 4 is 6.09 Å². The SMILES string of the molecule is C#CC1COCCN1C(=O)OC(C)C. The van der Waals surface area contributed by atoms with E-state index in [0.29, 0.717) is 19.8 Å². The predicted molar refractivity (Wildman–Crippen MR) is 51.8 cm³/mol. The Labute approximate surface area is 84.2 Å². The Hall–Kier alpha value is -1.21. The molecule has 0 aromatic rings. The molecule has 0 radical (unpaired) electrons. The number of ether oxygens (including phenoxy) is 2. The number of nitrogens with zero attached hydrogens (tertiary/aromatic N) is 1. The molecule has 0 bridgehead atoms. The molecule has 1 fully saturated rings. The largest absolute Gasteiger partial charge is 0.447 e. The summed E-state index contributed by atoms with van der Waals surface area (Å²) < 4.78 is 10.2. The first-order valence-electron chi connectivity index (χ1n) is 4.66. The lowest BCUT2D eigenvalue weighted by Crippen LogP contribution is -2.48. The van der Waals surface area contributed by atoms with E-state index >= 15 is 0 Å². The smallest absolute Gasteiger partial charge is 0.411 e. The van der Waals surface area contributed by atoms with Crippen LogP contribution < -0.4 is 0 Å². The average Bonchev–Trinajstić information content (AvgIpc) is 2.16. The molecule has 78 valence electrons. The van der Waals surface area contributed by atoms with Gasteiger partial charge in [0.2, 0.25) is 0 Å². The van der Waals surface area contributed by atoms with Crippen molar-refractivity contribution in [3.63, 3.8) is 0 Å². The summed E-state index contributed by atoms with van der Waals surface area (Å²) in [5.41, 5.74) is 0. The van der Waals surface area contributed by atoms with Crippen molar-refractivity contribution in [3.8, 4) is 12.3 Å². The molecule has 0 N–H and O–H groups in total. The Bertz CT molecular complexity index is 244. The molecule has 0 aliphatic carbocycles. The van der Waals surface area contributed by atoms with Gasteiger partial charge in [0.1, 0.15) is 6.04 Å². The van der Waals surface area contributed by atoms with Crippen molar-refractivity contribution in [1.29, 1.82) is 0 Å². The summed E-state index contributed by atoms with van der Waals surface area (Å²) in [6.45, 7) is 5.03. The fourth-order valence-corrected chi connectivity index (χ4v) is 1.23. The van der Waals surface area contributed by atoms with Crippen LogP contribution in [0.5, 0.6) is 0 Å². The highest BCUT2D eigenvalue weighted by Gasteiger charge is 2.27. The molecule has 4 nitrogen and oxygen atoms in total. The summed E-state index contributed by atoms with van der Waals surface area (Å²) in [6.07, 6.45) is 4.81. The van der Waals surface area contributed by atoms with Crippen LogP contribution >= 0.6 is 0 Å². The zero-order valence-electron chi connectivity index (χ0n) is 8.53. The van der Waals surface area contributed by atoms with Crippen LogP contribution in [0.3, 0.4) is 0 Å². The number of carbonyl (C=O) groups excluding carboxylic acids is 1. The highest BCUT2D eigenvalue weighted by Crippen LogP contribution is 2.08. The zero-order chi connectivity index (χ0) is 10.6. The number of morpholine rings is 1. The maximum absolute atomic E-state index is 11.5. The second-order valence-electron chi connectivity index (χ2n) is 3.38. The van der Waals surface area contributed by atoms with Crippen molar-refractivity contribution < 1.29 is 14.3 Å². The lowest BCUT2D eigenvalue weighted by molar-refractivity contribution is 0.000627. The molecule has 1 aliphatic rings. The molecular weight excluding hydrogens is 182 g/mol. The highest BCUT2D eigenvalue weighted by molar-refractivity contribution is 5.69. The van der Waals surface area contributed by atoms with Crippen molar-refractivity contribution in [1.82, 2.24) is 4.90 Å². The van der Waals surface area contributed by atoms with E-state index < -0.39 is 0 Å². The fourth-order valence-electron chi connectivity index (χ4n) is 1.23. The van der Waals surface area contributed by atoms with Gasteiger partial charge in [0.25, 0.3) is 0 Å². The number of hydrogen-bond acceptors (Lipinski definition) is 3. The van der Waals surface area contributed by atoms with E-state index in [2.05, 4.69) is 5.92 Å². The molecular formula is C10H15NO3. The van der Waals surface area contributed by atoms with E-state index in [-0.39, 0.29) is 18.2 Å². The van der Waals surface area contributed by atoms with Crippen LogP contribution in [0.2, 0.25) is 0 Å². The molecule has 1 unspecified atom stereocenters. The van der Waals surface area contributed by atoms with E-state index in [1.54, 1.807) is 0 Å². The lowest BCUT2D eigenvalue weighted by atomic mass is 10.2. The van der Waals surface area contributed by atoms with Crippen LogP contribution in [-0.4, -0.2) is 42.9 Å². The van der Waals surface area contributed by atoms with Gasteiger partial charge in [0.05, 0.1) is 19.3 Å². The first-order valence-corrected chi connectivity index (χ1v) is 4.66. The van der Waals surface area contributed by atoms with Gasteiger partial charge in [-0.3, -0.25) is 4.90 Å². The van der Waals surface area contributed by atoms with Gasteiger partial charge in [-0.2, -0.15) is 0 Å². The molecule has 1 amide bonds. The van der Waals surface area contributed by atoms with Gasteiger partial charge in [-0.15, -0.1) is 6.42 Å². The normalized spacial score (nSPS) is 21.9. The number of carbonyl (C=O) groups is 1. The Balaban J connectivity index is 2.55. The van der Waals surface area contributed by atoms with Gasteiger partial charge >= 0.3 is 6.09 Å². The van der Waals surface area contributed by atoms with Gasteiger partial charge < -0.3 is 9.47 Å². The zero-order valence-corrected chi connectivity index (χ0v) is 8.53. The van der Waals surface area contributed by atoms with Crippen molar-refractivity contribution in [3.05, 3.63) is 0 Å². The third kappa shape index (κ3) is 2.64. The van der Waals surface area contributed by atoms with Crippen molar-refractivity contribution in [2.24, 2.45) is 0 Å². The minimum atomic E-state index is -0.355. The molecule has 14 heavy (non-hydrogen) atoms. The summed E-state index contributed by atoms with van der Waals surface area (Å²) in [6, 6.07) is -0.296. The topological polar surface area (TPSA) is 38.8 Å². The van der Waals surface area contributed by atoms with Crippen LogP contribution in [-0.2, 0) is 9.47 Å². The Morgan fingerprint density at radius 1 is 1.71 bits per heavy atom. The summed E-state index contributed by atoms with van der Waals surface area (Å²) >= 11 is 0. The average molecular weight is 197 g/mol. The van der Waals surface area contributed by atoms with E-state index in [0.717, 1.165) is 0 Å². The number of terminal acetylenes is 1. The van der Waals surface area contributed by atoms with Crippen LogP contribution in [0.15, 0.2) is 0 Å². The van der Waals surface area contributed by atoms with E-state index in [1.165, 1.54) is 4.90 Å². The standard InChI is InChI=1S/C10H15NO3/c1-4-9-7-13-6-5-11(9)10(12)14-8(2)3/h1,8-9H,5-7H2,2-3H3. The van der Waals surface area contributed by atoms with E-state index in [9.17, 15) is 4.79 Å². The summed E-state index contributed by atoms with van der Waals surface area (Å²) in [5, 5.41) is 0. The Morgan fingerprint density at radius 3 is 3.00 bits per heavy atom. The van der Waals surface area contributed by atoms with Gasteiger partial charge in [-0.25, -0.2) is 4.79 Å². The van der Waals surface area contributed by atoms with Crippen LogP contribution in [0.25, 0.3) is 0 Å². The molecule has 1 saturated heterocycles. The van der Waals surface area contributed by atoms with Gasteiger partial charge in [0, 0.05) is 6.54 Å². The second kappa shape index (κ2) is 4.87. The minimum Gasteiger partial charge on any atom is -0.447 e. The maximum Gasteiger partial charge on any atom is 0.411 e. The predicted octanol–water partition coefficient (Wildman–Crippen LogP) is 0.865. The summed E-state index contributed by atoms with van der Waals surface area (Å²) in [7, 11) is 0. The molecule has 4 heteroatoms. The molecule has 0 spiro atoms. The summed E-state index contributed by atoms with van der Waals surface area (Å²) in [5.74, 6) is 2.51. The van der Waals surface area contributed by atoms with Gasteiger partial charge in [-0.1, -0.05) is 5.92 Å². The highest BCUT2D eigenvalue weighted by atomic mass is 16.6. The fraction of sp³-hybridized carbons (Fsp3) is 0.700. The van der Waals surface area contributed by atoms with Crippen LogP contribution in [0.1, 0.15) is 13.8 Å². The van der Waals surface area contributed by atoms with Gasteiger partial charge in [0.15, 0.2) is 0 Å². The van der Waals surface area contributed by atoms with E-state index in [1.807, 2.05) is 13.8 Å². The molecule has 0 aromatic heterocycles. The Kier molecular flexibility index (Phi) is 3.78. The number of hydrogen-bond donors (Lipinski definition) is 0. The van der Waals surface area contributed by atoms with E-state index in [4.69, 9.17) is 15.9 Å². The van der Waals surface area contributed by atoms with Crippen LogP contribution in [0, 0.1) is 12.3 Å². The Morgan fingerprint density at radius 2 is 2.43 bits per heavy atom. The summed E-state index contributed by atoms with van der Waals surface area (Å²) in [4.78, 5) is 13.1. The molecule has 1 atom stereocenters. The minimum absolute atomic E-state index is 0.122. The maximum atomic E-state index is 11.5. The molecule has 1 rings (SSSR count). The first kappa shape index (κ1) is 10.9. The molecule has 0 aromatic carbocycles. The van der Waals surface area contributed by atoms with Crippen LogP contribution in [0.4, 0.5) is 4.79 Å². The quantitative estimate of drug-likeness (QED) is 0.585. The third-order valence-corrected chi connectivity index (χ3v) is 1.89. The van der Waals surface area contributed by atoms with Gasteiger partial charge in [-0.05, 0) is 13.8 Å². The second-order valence-corrected chi connectivity index (χ2v) is 3.38. The lowest BCUT2D eigenvalue weighted by Gasteiger charge is -2.32.